The van der Waals surface area contributed by atoms with Gasteiger partial charge in [0, 0.05) is 35.2 Å². The van der Waals surface area contributed by atoms with E-state index in [0.717, 1.165) is 58.6 Å². The van der Waals surface area contributed by atoms with Crippen molar-refractivity contribution in [2.75, 3.05) is 25.2 Å². The van der Waals surface area contributed by atoms with Gasteiger partial charge in [-0.2, -0.15) is 0 Å². The largest absolute Gasteiger partial charge is 0.496 e. The van der Waals surface area contributed by atoms with E-state index >= 15 is 0 Å². The van der Waals surface area contributed by atoms with Gasteiger partial charge >= 0.3 is 0 Å². The van der Waals surface area contributed by atoms with Gasteiger partial charge in [0.2, 0.25) is 0 Å². The fraction of sp³-hybridized carbons (Fsp3) is 0.360. The summed E-state index contributed by atoms with van der Waals surface area (Å²) in [5.74, 6) is 2.61. The summed E-state index contributed by atoms with van der Waals surface area (Å²) in [5.41, 5.74) is 5.53. The lowest BCUT2D eigenvalue weighted by atomic mass is 9.95. The molecule has 0 spiro atoms. The molecular formula is C25H28ClNO3. The van der Waals surface area contributed by atoms with Crippen LogP contribution in [0.25, 0.3) is 5.57 Å². The average molecular weight is 426 g/mol. The third kappa shape index (κ3) is 4.15. The van der Waals surface area contributed by atoms with E-state index in [1.165, 1.54) is 11.1 Å². The number of fused-ring (bicyclic) bond motifs is 1. The lowest BCUT2D eigenvalue weighted by Gasteiger charge is -2.32. The van der Waals surface area contributed by atoms with E-state index in [-0.39, 0.29) is 6.10 Å². The van der Waals surface area contributed by atoms with Crippen LogP contribution in [0.1, 0.15) is 38.3 Å². The monoisotopic (exact) mass is 425 g/mol. The Morgan fingerprint density at radius 3 is 2.67 bits per heavy atom. The second-order valence-corrected chi connectivity index (χ2v) is 8.34. The number of ether oxygens (including phenoxy) is 3. The molecule has 0 bridgehead atoms. The highest BCUT2D eigenvalue weighted by Crippen LogP contribution is 2.44. The number of rotatable bonds is 4. The van der Waals surface area contributed by atoms with Crippen molar-refractivity contribution in [3.63, 3.8) is 0 Å². The number of methoxy groups -OCH3 is 1. The quantitative estimate of drug-likeness (QED) is 0.580. The first kappa shape index (κ1) is 20.7. The van der Waals surface area contributed by atoms with Crippen molar-refractivity contribution >= 4 is 22.9 Å². The van der Waals surface area contributed by atoms with E-state index in [2.05, 4.69) is 49.1 Å². The van der Waals surface area contributed by atoms with Crippen LogP contribution < -0.4 is 14.4 Å². The molecule has 2 aromatic carbocycles. The van der Waals surface area contributed by atoms with Crippen LogP contribution in [0.5, 0.6) is 11.5 Å². The van der Waals surface area contributed by atoms with Crippen LogP contribution in [-0.2, 0) is 11.3 Å². The van der Waals surface area contributed by atoms with Crippen molar-refractivity contribution in [2.45, 2.75) is 39.8 Å². The van der Waals surface area contributed by atoms with Crippen LogP contribution in [0.3, 0.4) is 0 Å². The minimum atomic E-state index is 0.159. The maximum Gasteiger partial charge on any atom is 0.143 e. The van der Waals surface area contributed by atoms with Crippen LogP contribution in [0.15, 0.2) is 53.8 Å². The van der Waals surface area contributed by atoms with Gasteiger partial charge in [-0.1, -0.05) is 29.8 Å². The summed E-state index contributed by atoms with van der Waals surface area (Å²) in [5, 5.41) is 0.749. The standard InChI is InChI=1S/C25H28ClNO3/c1-16-5-6-17(2)30-18(3)25(16)21-13-24-22(14-23(21)28-4)27(11-12-29-24)15-19-7-9-20(26)10-8-19/h5,7-10,13-14,17H,6,11-12,15H2,1-4H3. The third-order valence-corrected chi connectivity index (χ3v) is 5.93. The number of nitrogens with zero attached hydrogens (tertiary/aromatic N) is 1. The molecule has 2 heterocycles. The Kier molecular flexibility index (Phi) is 5.96. The van der Waals surface area contributed by atoms with E-state index < -0.39 is 0 Å². The number of allylic oxidation sites excluding steroid dienone is 3. The maximum atomic E-state index is 6.11. The number of halogens is 1. The normalized spacial score (nSPS) is 18.8. The van der Waals surface area contributed by atoms with Gasteiger partial charge in [-0.3, -0.25) is 0 Å². The van der Waals surface area contributed by atoms with E-state index in [9.17, 15) is 0 Å². The third-order valence-electron chi connectivity index (χ3n) is 5.68. The number of hydrogen-bond donors (Lipinski definition) is 0. The molecule has 1 atom stereocenters. The Morgan fingerprint density at radius 1 is 1.17 bits per heavy atom. The SMILES string of the molecule is COc1cc2c(cc1C1=C(C)OC(C)CC=C1C)OCCN2Cc1ccc(Cl)cc1. The minimum absolute atomic E-state index is 0.159. The van der Waals surface area contributed by atoms with Crippen molar-refractivity contribution in [1.82, 2.24) is 0 Å². The molecule has 0 N–H and O–H groups in total. The molecule has 0 saturated heterocycles. The van der Waals surface area contributed by atoms with Gasteiger partial charge in [0.15, 0.2) is 0 Å². The second kappa shape index (κ2) is 8.65. The first-order valence-electron chi connectivity index (χ1n) is 10.4. The van der Waals surface area contributed by atoms with E-state index in [4.69, 9.17) is 25.8 Å². The Hall–Kier alpha value is -2.59. The summed E-state index contributed by atoms with van der Waals surface area (Å²) >= 11 is 6.04. The average Bonchev–Trinajstić information content (AvgIpc) is 2.86. The molecule has 0 radical (unpaired) electrons. The molecule has 30 heavy (non-hydrogen) atoms. The van der Waals surface area contributed by atoms with Crippen molar-refractivity contribution in [2.24, 2.45) is 0 Å². The first-order valence-corrected chi connectivity index (χ1v) is 10.7. The minimum Gasteiger partial charge on any atom is -0.496 e. The van der Waals surface area contributed by atoms with E-state index in [0.29, 0.717) is 6.61 Å². The summed E-state index contributed by atoms with van der Waals surface area (Å²) in [7, 11) is 1.72. The van der Waals surface area contributed by atoms with Gasteiger partial charge in [-0.05, 0) is 50.1 Å². The molecule has 0 fully saturated rings. The second-order valence-electron chi connectivity index (χ2n) is 7.90. The molecule has 2 aromatic rings. The highest BCUT2D eigenvalue weighted by Gasteiger charge is 2.25. The Morgan fingerprint density at radius 2 is 1.93 bits per heavy atom. The fourth-order valence-corrected chi connectivity index (χ4v) is 4.30. The zero-order valence-electron chi connectivity index (χ0n) is 18.0. The van der Waals surface area contributed by atoms with Crippen LogP contribution in [0, 0.1) is 0 Å². The molecule has 0 aromatic heterocycles. The summed E-state index contributed by atoms with van der Waals surface area (Å²) in [6.07, 6.45) is 3.29. The number of benzene rings is 2. The fourth-order valence-electron chi connectivity index (χ4n) is 4.17. The molecule has 0 amide bonds. The molecular weight excluding hydrogens is 398 g/mol. The summed E-state index contributed by atoms with van der Waals surface area (Å²) in [6.45, 7) is 8.51. The van der Waals surface area contributed by atoms with E-state index in [1.54, 1.807) is 7.11 Å². The van der Waals surface area contributed by atoms with Gasteiger partial charge in [0.25, 0.3) is 0 Å². The predicted molar refractivity (Wildman–Crippen MR) is 123 cm³/mol. The van der Waals surface area contributed by atoms with Crippen LogP contribution in [-0.4, -0.2) is 26.4 Å². The molecule has 5 heteroatoms. The summed E-state index contributed by atoms with van der Waals surface area (Å²) in [4.78, 5) is 2.32. The highest BCUT2D eigenvalue weighted by atomic mass is 35.5. The molecule has 0 saturated carbocycles. The zero-order chi connectivity index (χ0) is 21.3. The summed E-state index contributed by atoms with van der Waals surface area (Å²) in [6, 6.07) is 12.2. The van der Waals surface area contributed by atoms with Crippen LogP contribution >= 0.6 is 11.6 Å². The zero-order valence-corrected chi connectivity index (χ0v) is 18.8. The van der Waals surface area contributed by atoms with Crippen LogP contribution in [0.4, 0.5) is 5.69 Å². The maximum absolute atomic E-state index is 6.11. The Labute approximate surface area is 183 Å². The van der Waals surface area contributed by atoms with Gasteiger partial charge < -0.3 is 19.1 Å². The lowest BCUT2D eigenvalue weighted by Crippen LogP contribution is -2.32. The molecule has 4 rings (SSSR count). The molecule has 4 nitrogen and oxygen atoms in total. The molecule has 2 aliphatic heterocycles. The smallest absolute Gasteiger partial charge is 0.143 e. The van der Waals surface area contributed by atoms with Crippen molar-refractivity contribution in [3.8, 4) is 11.5 Å². The topological polar surface area (TPSA) is 30.9 Å². The van der Waals surface area contributed by atoms with Gasteiger partial charge in [0.1, 0.15) is 23.9 Å². The predicted octanol–water partition coefficient (Wildman–Crippen LogP) is 6.23. The Balaban J connectivity index is 1.74. The molecule has 0 aliphatic carbocycles. The summed E-state index contributed by atoms with van der Waals surface area (Å²) < 4.78 is 18.0. The highest BCUT2D eigenvalue weighted by molar-refractivity contribution is 6.30. The van der Waals surface area contributed by atoms with Crippen molar-refractivity contribution < 1.29 is 14.2 Å². The van der Waals surface area contributed by atoms with Gasteiger partial charge in [-0.15, -0.1) is 0 Å². The number of anilines is 1. The van der Waals surface area contributed by atoms with Gasteiger partial charge in [0.05, 0.1) is 25.4 Å². The van der Waals surface area contributed by atoms with Gasteiger partial charge in [-0.25, -0.2) is 0 Å². The first-order chi connectivity index (χ1) is 14.5. The lowest BCUT2D eigenvalue weighted by molar-refractivity contribution is 0.139. The molecule has 2 aliphatic rings. The molecule has 158 valence electrons. The van der Waals surface area contributed by atoms with Crippen molar-refractivity contribution in [1.29, 1.82) is 0 Å². The van der Waals surface area contributed by atoms with Crippen molar-refractivity contribution in [3.05, 3.63) is 70.0 Å². The van der Waals surface area contributed by atoms with Crippen LogP contribution in [0.2, 0.25) is 5.02 Å². The number of hydrogen-bond acceptors (Lipinski definition) is 4. The van der Waals surface area contributed by atoms with E-state index in [1.807, 2.05) is 19.1 Å². The Bertz CT molecular complexity index is 994. The molecule has 1 unspecified atom stereocenters.